The van der Waals surface area contributed by atoms with Crippen molar-refractivity contribution < 1.29 is 23.1 Å². The number of aliphatic carboxylic acids is 1. The Morgan fingerprint density at radius 1 is 1.54 bits per heavy atom. The number of halogens is 3. The molecule has 0 amide bonds. The molecule has 0 aliphatic rings. The Labute approximate surface area is 72.9 Å². The number of rotatable bonds is 5. The smallest absolute Gasteiger partial charge is 0.401 e. The van der Waals surface area contributed by atoms with Gasteiger partial charge in [0.2, 0.25) is 0 Å². The monoisotopic (exact) mass is 200 g/mol. The van der Waals surface area contributed by atoms with Gasteiger partial charge in [-0.2, -0.15) is 13.2 Å². The molecule has 0 aliphatic carbocycles. The highest BCUT2D eigenvalue weighted by Crippen LogP contribution is 2.12. The second kappa shape index (κ2) is 5.03. The van der Waals surface area contributed by atoms with Crippen molar-refractivity contribution in [3.05, 3.63) is 0 Å². The summed E-state index contributed by atoms with van der Waals surface area (Å²) >= 11 is 0. The van der Waals surface area contributed by atoms with Crippen LogP contribution < -0.4 is 11.1 Å². The molecule has 0 bridgehead atoms. The van der Waals surface area contributed by atoms with E-state index in [1.54, 1.807) is 0 Å². The lowest BCUT2D eigenvalue weighted by Crippen LogP contribution is -2.43. The molecule has 0 aliphatic heterocycles. The van der Waals surface area contributed by atoms with Gasteiger partial charge in [0.05, 0.1) is 6.54 Å². The number of carboxylic acid groups (broad SMARTS) is 1. The zero-order valence-corrected chi connectivity index (χ0v) is 6.77. The molecule has 0 aromatic heterocycles. The van der Waals surface area contributed by atoms with Crippen molar-refractivity contribution in [1.82, 2.24) is 5.32 Å². The highest BCUT2D eigenvalue weighted by molar-refractivity contribution is 5.73. The summed E-state index contributed by atoms with van der Waals surface area (Å²) in [5.74, 6) is -1.32. The van der Waals surface area contributed by atoms with Crippen molar-refractivity contribution in [1.29, 1.82) is 0 Å². The van der Waals surface area contributed by atoms with Gasteiger partial charge in [0, 0.05) is 0 Å². The molecule has 0 saturated heterocycles. The highest BCUT2D eigenvalue weighted by atomic mass is 19.4. The molecule has 4 nitrogen and oxygen atoms in total. The second-order valence-electron chi connectivity index (χ2n) is 2.46. The summed E-state index contributed by atoms with van der Waals surface area (Å²) in [5.41, 5.74) is 5.02. The number of carbonyl (C=O) groups is 1. The van der Waals surface area contributed by atoms with E-state index in [0.717, 1.165) is 0 Å². The van der Waals surface area contributed by atoms with Crippen LogP contribution >= 0.6 is 0 Å². The number of hydrogen-bond acceptors (Lipinski definition) is 3. The van der Waals surface area contributed by atoms with E-state index in [2.05, 4.69) is 0 Å². The van der Waals surface area contributed by atoms with E-state index in [9.17, 15) is 18.0 Å². The van der Waals surface area contributed by atoms with Crippen LogP contribution in [0.25, 0.3) is 0 Å². The predicted octanol–water partition coefficient (Wildman–Crippen LogP) is -0.0597. The van der Waals surface area contributed by atoms with Crippen molar-refractivity contribution in [3.63, 3.8) is 0 Å². The first-order valence-electron chi connectivity index (χ1n) is 3.60. The van der Waals surface area contributed by atoms with Crippen LogP contribution in [0.1, 0.15) is 6.42 Å². The fourth-order valence-electron chi connectivity index (χ4n) is 0.718. The Hall–Kier alpha value is -0.820. The standard InChI is InChI=1S/C6H11F3N2O2/c7-6(8,9)3-11-4(1-2-10)5(12)13/h4,11H,1-3,10H2,(H,12,13). The largest absolute Gasteiger partial charge is 0.480 e. The lowest BCUT2D eigenvalue weighted by atomic mass is 10.2. The lowest BCUT2D eigenvalue weighted by molar-refractivity contribution is -0.143. The zero-order chi connectivity index (χ0) is 10.5. The van der Waals surface area contributed by atoms with Gasteiger partial charge in [-0.3, -0.25) is 10.1 Å². The average molecular weight is 200 g/mol. The first-order valence-corrected chi connectivity index (χ1v) is 3.60. The van der Waals surface area contributed by atoms with Crippen LogP contribution in [0.3, 0.4) is 0 Å². The zero-order valence-electron chi connectivity index (χ0n) is 6.77. The third-order valence-corrected chi connectivity index (χ3v) is 1.30. The molecular weight excluding hydrogens is 189 g/mol. The molecule has 0 spiro atoms. The van der Waals surface area contributed by atoms with Gasteiger partial charge in [-0.1, -0.05) is 0 Å². The molecule has 0 saturated carbocycles. The molecule has 7 heteroatoms. The van der Waals surface area contributed by atoms with Crippen LogP contribution in [-0.2, 0) is 4.79 Å². The van der Waals surface area contributed by atoms with Crippen LogP contribution in [0.15, 0.2) is 0 Å². The summed E-state index contributed by atoms with van der Waals surface area (Å²) in [6.07, 6.45) is -4.42. The number of hydrogen-bond donors (Lipinski definition) is 3. The van der Waals surface area contributed by atoms with Crippen molar-refractivity contribution in [2.75, 3.05) is 13.1 Å². The van der Waals surface area contributed by atoms with Gasteiger partial charge in [0.25, 0.3) is 0 Å². The molecule has 4 N–H and O–H groups in total. The molecule has 0 aromatic carbocycles. The Morgan fingerprint density at radius 2 is 2.08 bits per heavy atom. The predicted molar refractivity (Wildman–Crippen MR) is 39.2 cm³/mol. The van der Waals surface area contributed by atoms with Crippen LogP contribution in [0.4, 0.5) is 13.2 Å². The normalized spacial score (nSPS) is 14.2. The van der Waals surface area contributed by atoms with Crippen LogP contribution in [0.5, 0.6) is 0 Å². The number of nitrogens with one attached hydrogen (secondary N) is 1. The number of nitrogens with two attached hydrogens (primary N) is 1. The SMILES string of the molecule is NCCC(NCC(F)(F)F)C(=O)O. The second-order valence-corrected chi connectivity index (χ2v) is 2.46. The van der Waals surface area contributed by atoms with Crippen molar-refractivity contribution in [2.45, 2.75) is 18.6 Å². The number of alkyl halides is 3. The van der Waals surface area contributed by atoms with Gasteiger partial charge >= 0.3 is 12.1 Å². The van der Waals surface area contributed by atoms with Gasteiger partial charge < -0.3 is 10.8 Å². The molecule has 0 heterocycles. The van der Waals surface area contributed by atoms with Crippen molar-refractivity contribution >= 4 is 5.97 Å². The minimum absolute atomic E-state index is 0.0224. The lowest BCUT2D eigenvalue weighted by Gasteiger charge is -2.14. The van der Waals surface area contributed by atoms with Gasteiger partial charge in [0.1, 0.15) is 6.04 Å². The molecule has 0 radical (unpaired) electrons. The van der Waals surface area contributed by atoms with Gasteiger partial charge in [-0.15, -0.1) is 0 Å². The summed E-state index contributed by atoms with van der Waals surface area (Å²) in [6, 6.07) is -1.23. The van der Waals surface area contributed by atoms with Crippen LogP contribution in [-0.4, -0.2) is 36.4 Å². The van der Waals surface area contributed by atoms with Gasteiger partial charge in [0.15, 0.2) is 0 Å². The molecule has 1 unspecified atom stereocenters. The van der Waals surface area contributed by atoms with E-state index in [4.69, 9.17) is 10.8 Å². The Balaban J connectivity index is 3.90. The maximum absolute atomic E-state index is 11.6. The quantitative estimate of drug-likeness (QED) is 0.581. The fourth-order valence-corrected chi connectivity index (χ4v) is 0.718. The molecule has 13 heavy (non-hydrogen) atoms. The summed E-state index contributed by atoms with van der Waals surface area (Å²) < 4.78 is 34.9. The first-order chi connectivity index (χ1) is 5.87. The minimum Gasteiger partial charge on any atom is -0.480 e. The summed E-state index contributed by atoms with van der Waals surface area (Å²) in [6.45, 7) is -1.29. The Bertz CT molecular complexity index is 172. The third-order valence-electron chi connectivity index (χ3n) is 1.30. The third kappa shape index (κ3) is 6.35. The Kier molecular flexibility index (Phi) is 4.71. The molecule has 0 fully saturated rings. The number of carboxylic acids is 1. The maximum Gasteiger partial charge on any atom is 0.401 e. The van der Waals surface area contributed by atoms with E-state index in [-0.39, 0.29) is 13.0 Å². The van der Waals surface area contributed by atoms with Crippen molar-refractivity contribution in [3.8, 4) is 0 Å². The average Bonchev–Trinajstić information content (AvgIpc) is 1.95. The Morgan fingerprint density at radius 3 is 2.38 bits per heavy atom. The van der Waals surface area contributed by atoms with Crippen LogP contribution in [0.2, 0.25) is 0 Å². The van der Waals surface area contributed by atoms with E-state index in [1.165, 1.54) is 0 Å². The molecular formula is C6H11F3N2O2. The maximum atomic E-state index is 11.6. The topological polar surface area (TPSA) is 75.3 Å². The highest BCUT2D eigenvalue weighted by Gasteiger charge is 2.29. The fraction of sp³-hybridized carbons (Fsp3) is 0.833. The van der Waals surface area contributed by atoms with Gasteiger partial charge in [-0.05, 0) is 13.0 Å². The van der Waals surface area contributed by atoms with Crippen LogP contribution in [0, 0.1) is 0 Å². The first kappa shape index (κ1) is 12.2. The van der Waals surface area contributed by atoms with E-state index >= 15 is 0 Å². The molecule has 1 atom stereocenters. The van der Waals surface area contributed by atoms with E-state index < -0.39 is 24.7 Å². The van der Waals surface area contributed by atoms with E-state index in [0.29, 0.717) is 0 Å². The molecule has 0 rings (SSSR count). The minimum atomic E-state index is -4.40. The van der Waals surface area contributed by atoms with E-state index in [1.807, 2.05) is 5.32 Å². The summed E-state index contributed by atoms with van der Waals surface area (Å²) in [7, 11) is 0. The summed E-state index contributed by atoms with van der Waals surface area (Å²) in [4.78, 5) is 10.3. The molecule has 0 aromatic rings. The summed E-state index contributed by atoms with van der Waals surface area (Å²) in [5, 5.41) is 10.3. The van der Waals surface area contributed by atoms with Crippen molar-refractivity contribution in [2.24, 2.45) is 5.73 Å². The van der Waals surface area contributed by atoms with Gasteiger partial charge in [-0.25, -0.2) is 0 Å². The molecule has 78 valence electrons.